The summed E-state index contributed by atoms with van der Waals surface area (Å²) in [7, 11) is 1.79. The van der Waals surface area contributed by atoms with E-state index >= 15 is 0 Å². The van der Waals surface area contributed by atoms with Crippen LogP contribution in [0.15, 0.2) is 41.7 Å². The van der Waals surface area contributed by atoms with Crippen molar-refractivity contribution in [1.82, 2.24) is 30.7 Å². The van der Waals surface area contributed by atoms with Crippen LogP contribution in [-0.4, -0.2) is 46.4 Å². The summed E-state index contributed by atoms with van der Waals surface area (Å²) in [6.45, 7) is 11.0. The highest BCUT2D eigenvalue weighted by Gasteiger charge is 2.21. The topological polar surface area (TPSA) is 79.2 Å². The van der Waals surface area contributed by atoms with Crippen LogP contribution in [0.1, 0.15) is 45.1 Å². The number of hydrogen-bond donors (Lipinski definition) is 3. The monoisotopic (exact) mass is 371 g/mol. The van der Waals surface area contributed by atoms with E-state index in [9.17, 15) is 0 Å². The van der Waals surface area contributed by atoms with Gasteiger partial charge in [0.05, 0.1) is 0 Å². The molecule has 1 aromatic heterocycles. The quantitative estimate of drug-likeness (QED) is 0.465. The molecule has 0 aliphatic rings. The van der Waals surface area contributed by atoms with E-state index < -0.39 is 0 Å². The smallest absolute Gasteiger partial charge is 0.191 e. The molecule has 27 heavy (non-hydrogen) atoms. The third-order valence-corrected chi connectivity index (χ3v) is 4.49. The van der Waals surface area contributed by atoms with E-state index in [4.69, 9.17) is 0 Å². The maximum atomic E-state index is 4.32. The molecule has 2 aromatic rings. The summed E-state index contributed by atoms with van der Waals surface area (Å²) in [5.41, 5.74) is 1.20. The van der Waals surface area contributed by atoms with Crippen molar-refractivity contribution in [2.75, 3.05) is 20.1 Å². The summed E-state index contributed by atoms with van der Waals surface area (Å²) in [4.78, 5) is 4.32. The van der Waals surface area contributed by atoms with Gasteiger partial charge in [-0.3, -0.25) is 4.99 Å². The van der Waals surface area contributed by atoms with Crippen molar-refractivity contribution in [3.63, 3.8) is 0 Å². The molecule has 0 bridgehead atoms. The minimum Gasteiger partial charge on any atom is -0.355 e. The molecule has 2 rings (SSSR count). The van der Waals surface area contributed by atoms with E-state index in [1.54, 1.807) is 13.4 Å². The van der Waals surface area contributed by atoms with Crippen molar-refractivity contribution >= 4 is 5.96 Å². The summed E-state index contributed by atoms with van der Waals surface area (Å²) in [5, 5.41) is 18.5. The lowest BCUT2D eigenvalue weighted by Gasteiger charge is -2.31. The molecule has 0 fully saturated rings. The lowest BCUT2D eigenvalue weighted by molar-refractivity contribution is 0.344. The first-order valence-corrected chi connectivity index (χ1v) is 9.59. The second-order valence-corrected chi connectivity index (χ2v) is 7.31. The Morgan fingerprint density at radius 3 is 2.63 bits per heavy atom. The molecule has 1 heterocycles. The Morgan fingerprint density at radius 2 is 1.96 bits per heavy atom. The van der Waals surface area contributed by atoms with E-state index in [0.29, 0.717) is 0 Å². The fourth-order valence-electron chi connectivity index (χ4n) is 3.02. The van der Waals surface area contributed by atoms with Crippen LogP contribution in [0.5, 0.6) is 0 Å². The first-order chi connectivity index (χ1) is 12.9. The van der Waals surface area contributed by atoms with Gasteiger partial charge in [0.25, 0.3) is 0 Å². The molecular weight excluding hydrogens is 338 g/mol. The van der Waals surface area contributed by atoms with Gasteiger partial charge in [-0.2, -0.15) is 0 Å². The van der Waals surface area contributed by atoms with Crippen molar-refractivity contribution < 1.29 is 0 Å². The second-order valence-electron chi connectivity index (χ2n) is 7.31. The summed E-state index contributed by atoms with van der Waals surface area (Å²) < 4.78 is 2.06. The number of rotatable bonds is 9. The molecule has 0 spiro atoms. The Morgan fingerprint density at radius 1 is 1.22 bits per heavy atom. The van der Waals surface area contributed by atoms with Gasteiger partial charge < -0.3 is 20.5 Å². The molecular formula is C20H33N7. The Balaban J connectivity index is 1.78. The van der Waals surface area contributed by atoms with E-state index in [1.165, 1.54) is 5.56 Å². The van der Waals surface area contributed by atoms with Crippen LogP contribution in [-0.2, 0) is 13.0 Å². The zero-order valence-electron chi connectivity index (χ0n) is 17.2. The van der Waals surface area contributed by atoms with Crippen LogP contribution >= 0.6 is 0 Å². The van der Waals surface area contributed by atoms with Gasteiger partial charge in [0, 0.05) is 44.7 Å². The Bertz CT molecular complexity index is 706. The second kappa shape index (κ2) is 10.1. The minimum atomic E-state index is -0.0868. The van der Waals surface area contributed by atoms with Crippen LogP contribution in [0.4, 0.5) is 0 Å². The molecule has 1 aromatic carbocycles. The third kappa shape index (κ3) is 6.67. The maximum absolute atomic E-state index is 4.32. The number of hydrogen-bond acceptors (Lipinski definition) is 4. The van der Waals surface area contributed by atoms with Crippen molar-refractivity contribution in [1.29, 1.82) is 0 Å². The van der Waals surface area contributed by atoms with Gasteiger partial charge in [0.2, 0.25) is 0 Å². The van der Waals surface area contributed by atoms with E-state index in [1.807, 2.05) is 6.07 Å². The highest BCUT2D eigenvalue weighted by atomic mass is 15.3. The molecule has 7 nitrogen and oxygen atoms in total. The molecule has 0 aliphatic heterocycles. The van der Waals surface area contributed by atoms with E-state index in [2.05, 4.69) is 87.7 Å². The predicted molar refractivity (Wildman–Crippen MR) is 111 cm³/mol. The predicted octanol–water partition coefficient (Wildman–Crippen LogP) is 2.13. The van der Waals surface area contributed by atoms with E-state index in [0.717, 1.165) is 37.8 Å². The molecule has 1 atom stereocenters. The molecule has 1 unspecified atom stereocenters. The number of aromatic nitrogens is 3. The van der Waals surface area contributed by atoms with Crippen LogP contribution in [0, 0.1) is 0 Å². The zero-order chi connectivity index (χ0) is 19.7. The van der Waals surface area contributed by atoms with Gasteiger partial charge in [-0.1, -0.05) is 37.3 Å². The summed E-state index contributed by atoms with van der Waals surface area (Å²) in [6, 6.07) is 10.8. The first kappa shape index (κ1) is 20.9. The lowest BCUT2D eigenvalue weighted by Crippen LogP contribution is -2.52. The van der Waals surface area contributed by atoms with Crippen molar-refractivity contribution in [3.05, 3.63) is 48.0 Å². The largest absolute Gasteiger partial charge is 0.355 e. The van der Waals surface area contributed by atoms with Crippen LogP contribution in [0.3, 0.4) is 0 Å². The minimum absolute atomic E-state index is 0.0868. The van der Waals surface area contributed by atoms with Crippen molar-refractivity contribution in [2.24, 2.45) is 4.99 Å². The highest BCUT2D eigenvalue weighted by molar-refractivity contribution is 5.79. The Hall–Kier alpha value is -2.41. The van der Waals surface area contributed by atoms with E-state index in [-0.39, 0.29) is 11.6 Å². The van der Waals surface area contributed by atoms with Gasteiger partial charge in [-0.25, -0.2) is 0 Å². The van der Waals surface area contributed by atoms with Gasteiger partial charge in [-0.05, 0) is 26.3 Å². The zero-order valence-corrected chi connectivity index (χ0v) is 17.2. The van der Waals surface area contributed by atoms with Crippen LogP contribution < -0.4 is 16.0 Å². The molecule has 0 radical (unpaired) electrons. The number of guanidine groups is 1. The molecule has 0 saturated carbocycles. The number of benzene rings is 1. The fourth-order valence-corrected chi connectivity index (χ4v) is 3.02. The molecule has 0 aliphatic carbocycles. The van der Waals surface area contributed by atoms with Gasteiger partial charge in [-0.15, -0.1) is 10.2 Å². The molecule has 0 amide bonds. The molecule has 0 saturated heterocycles. The number of nitrogens with one attached hydrogen (secondary N) is 3. The molecule has 148 valence electrons. The summed E-state index contributed by atoms with van der Waals surface area (Å²) in [5.74, 6) is 1.79. The number of nitrogens with zero attached hydrogens (tertiary/aromatic N) is 4. The Labute approximate surface area is 162 Å². The highest BCUT2D eigenvalue weighted by Crippen LogP contribution is 2.15. The third-order valence-electron chi connectivity index (χ3n) is 4.49. The van der Waals surface area contributed by atoms with Crippen molar-refractivity contribution in [2.45, 2.75) is 52.2 Å². The van der Waals surface area contributed by atoms with Gasteiger partial charge in [0.1, 0.15) is 12.2 Å². The Kier molecular flexibility index (Phi) is 7.79. The standard InChI is InChI=1S/C20H33N7/c1-6-18-26-24-15-27(18)13-12-22-19(21-5)23-14-20(3,4)25-16(2)17-10-8-7-9-11-17/h7-11,15-16,25H,6,12-14H2,1-5H3,(H2,21,22,23). The number of aryl methyl sites for hydroxylation is 1. The number of aliphatic imine (C=N–C) groups is 1. The molecule has 3 N–H and O–H groups in total. The van der Waals surface area contributed by atoms with Crippen molar-refractivity contribution in [3.8, 4) is 0 Å². The average molecular weight is 372 g/mol. The normalized spacial score (nSPS) is 13.4. The maximum Gasteiger partial charge on any atom is 0.191 e. The first-order valence-electron chi connectivity index (χ1n) is 9.59. The lowest BCUT2D eigenvalue weighted by atomic mass is 10.0. The average Bonchev–Trinajstić information content (AvgIpc) is 3.12. The SMILES string of the molecule is CCc1nncn1CCNC(=NC)NCC(C)(C)NC(C)c1ccccc1. The van der Waals surface area contributed by atoms with Gasteiger partial charge >= 0.3 is 0 Å². The van der Waals surface area contributed by atoms with Gasteiger partial charge in [0.15, 0.2) is 5.96 Å². The fraction of sp³-hybridized carbons (Fsp3) is 0.550. The summed E-state index contributed by atoms with van der Waals surface area (Å²) >= 11 is 0. The summed E-state index contributed by atoms with van der Waals surface area (Å²) in [6.07, 6.45) is 2.65. The van der Waals surface area contributed by atoms with Crippen LogP contribution in [0.2, 0.25) is 0 Å². The molecule has 7 heteroatoms. The van der Waals surface area contributed by atoms with Crippen LogP contribution in [0.25, 0.3) is 0 Å².